The summed E-state index contributed by atoms with van der Waals surface area (Å²) in [5, 5.41) is 4.55. The predicted octanol–water partition coefficient (Wildman–Crippen LogP) is 0.654. The summed E-state index contributed by atoms with van der Waals surface area (Å²) in [5.74, 6) is 0.506. The molecule has 0 unspecified atom stereocenters. The van der Waals surface area contributed by atoms with Gasteiger partial charge in [-0.05, 0) is 30.9 Å². The fraction of sp³-hybridized carbons (Fsp3) is 0.500. The predicted molar refractivity (Wildman–Crippen MR) is 81.3 cm³/mol. The Bertz CT molecular complexity index is 721. The maximum atomic E-state index is 12.1. The van der Waals surface area contributed by atoms with Crippen molar-refractivity contribution in [3.63, 3.8) is 0 Å². The van der Waals surface area contributed by atoms with Crippen LogP contribution < -0.4 is 5.56 Å². The van der Waals surface area contributed by atoms with Crippen LogP contribution in [0.2, 0.25) is 0 Å². The minimum absolute atomic E-state index is 0.0508. The first-order chi connectivity index (χ1) is 10.8. The van der Waals surface area contributed by atoms with Gasteiger partial charge in [0.25, 0.3) is 5.56 Å². The molecule has 2 aliphatic rings. The maximum absolute atomic E-state index is 12.1. The third-order valence-electron chi connectivity index (χ3n) is 4.52. The van der Waals surface area contributed by atoms with E-state index >= 15 is 0 Å². The lowest BCUT2D eigenvalue weighted by atomic mass is 10.00. The van der Waals surface area contributed by atoms with Crippen molar-refractivity contribution < 1.29 is 0 Å². The van der Waals surface area contributed by atoms with Gasteiger partial charge >= 0.3 is 0 Å². The van der Waals surface area contributed by atoms with E-state index < -0.39 is 0 Å². The smallest absolute Gasteiger partial charge is 0.267 e. The number of fused-ring (bicyclic) bond motifs is 1. The standard InChI is InChI=1S/C16H19N5O/c22-16-6-13-2-1-3-15(13)19-21(16)9-12-7-20(8-12)10-14-4-5-17-11-18-14/h4-6,11-12H,1-3,7-10H2. The van der Waals surface area contributed by atoms with E-state index in [1.165, 1.54) is 0 Å². The van der Waals surface area contributed by atoms with Gasteiger partial charge in [0, 0.05) is 37.8 Å². The van der Waals surface area contributed by atoms with Crippen molar-refractivity contribution in [2.24, 2.45) is 5.92 Å². The van der Waals surface area contributed by atoms with E-state index in [-0.39, 0.29) is 5.56 Å². The fourth-order valence-corrected chi connectivity index (χ4v) is 3.38. The Labute approximate surface area is 128 Å². The van der Waals surface area contributed by atoms with Crippen LogP contribution in [0.25, 0.3) is 0 Å². The second kappa shape index (κ2) is 5.61. The summed E-state index contributed by atoms with van der Waals surface area (Å²) in [4.78, 5) is 22.6. The molecule has 6 heteroatoms. The molecule has 3 heterocycles. The molecule has 0 aromatic carbocycles. The number of aryl methyl sites for hydroxylation is 2. The summed E-state index contributed by atoms with van der Waals surface area (Å²) < 4.78 is 1.66. The van der Waals surface area contributed by atoms with Crippen LogP contribution in [0.4, 0.5) is 0 Å². The lowest BCUT2D eigenvalue weighted by Crippen LogP contribution is -2.49. The van der Waals surface area contributed by atoms with Crippen LogP contribution in [-0.4, -0.2) is 37.7 Å². The Hall–Kier alpha value is -2.08. The molecular weight excluding hydrogens is 278 g/mol. The van der Waals surface area contributed by atoms with Gasteiger partial charge in [0.05, 0.1) is 17.9 Å². The second-order valence-electron chi connectivity index (χ2n) is 6.25. The zero-order valence-electron chi connectivity index (χ0n) is 12.5. The molecule has 114 valence electrons. The Morgan fingerprint density at radius 2 is 2.18 bits per heavy atom. The lowest BCUT2D eigenvalue weighted by molar-refractivity contribution is 0.0752. The molecule has 4 rings (SSSR count). The normalized spacial score (nSPS) is 18.2. The van der Waals surface area contributed by atoms with Gasteiger partial charge < -0.3 is 0 Å². The van der Waals surface area contributed by atoms with E-state index in [2.05, 4.69) is 20.0 Å². The molecular formula is C16H19N5O. The zero-order valence-corrected chi connectivity index (χ0v) is 12.5. The Morgan fingerprint density at radius 1 is 1.27 bits per heavy atom. The monoisotopic (exact) mass is 297 g/mol. The Morgan fingerprint density at radius 3 is 3.00 bits per heavy atom. The number of rotatable bonds is 4. The Kier molecular flexibility index (Phi) is 3.46. The molecule has 1 aliphatic carbocycles. The van der Waals surface area contributed by atoms with Gasteiger partial charge in [0.1, 0.15) is 6.33 Å². The molecule has 0 radical (unpaired) electrons. The van der Waals surface area contributed by atoms with Crippen LogP contribution >= 0.6 is 0 Å². The molecule has 0 atom stereocenters. The molecule has 1 saturated heterocycles. The van der Waals surface area contributed by atoms with Crippen molar-refractivity contribution in [2.75, 3.05) is 13.1 Å². The number of nitrogens with zero attached hydrogens (tertiary/aromatic N) is 5. The van der Waals surface area contributed by atoms with Crippen LogP contribution in [0.15, 0.2) is 29.5 Å². The van der Waals surface area contributed by atoms with Gasteiger partial charge in [-0.25, -0.2) is 14.6 Å². The quantitative estimate of drug-likeness (QED) is 0.829. The first-order valence-electron chi connectivity index (χ1n) is 7.85. The summed E-state index contributed by atoms with van der Waals surface area (Å²) in [5.41, 5.74) is 3.37. The molecule has 0 N–H and O–H groups in total. The molecule has 6 nitrogen and oxygen atoms in total. The zero-order chi connectivity index (χ0) is 14.9. The summed E-state index contributed by atoms with van der Waals surface area (Å²) in [7, 11) is 0. The van der Waals surface area contributed by atoms with Crippen molar-refractivity contribution >= 4 is 0 Å². The number of hydrogen-bond donors (Lipinski definition) is 0. The topological polar surface area (TPSA) is 63.9 Å². The molecule has 1 aliphatic heterocycles. The van der Waals surface area contributed by atoms with Crippen molar-refractivity contribution in [2.45, 2.75) is 32.4 Å². The molecule has 0 bridgehead atoms. The fourth-order valence-electron chi connectivity index (χ4n) is 3.38. The van der Waals surface area contributed by atoms with E-state index in [0.717, 1.165) is 62.4 Å². The van der Waals surface area contributed by atoms with Crippen LogP contribution in [0.5, 0.6) is 0 Å². The summed E-state index contributed by atoms with van der Waals surface area (Å²) in [6, 6.07) is 3.73. The van der Waals surface area contributed by atoms with E-state index in [9.17, 15) is 4.79 Å². The minimum Gasteiger partial charge on any atom is -0.297 e. The average molecular weight is 297 g/mol. The second-order valence-corrected chi connectivity index (χ2v) is 6.25. The largest absolute Gasteiger partial charge is 0.297 e. The molecule has 2 aromatic rings. The van der Waals surface area contributed by atoms with Crippen molar-refractivity contribution in [3.8, 4) is 0 Å². The van der Waals surface area contributed by atoms with E-state index in [1.54, 1.807) is 23.3 Å². The first-order valence-corrected chi connectivity index (χ1v) is 7.85. The van der Waals surface area contributed by atoms with Gasteiger partial charge in [0.2, 0.25) is 0 Å². The van der Waals surface area contributed by atoms with Gasteiger partial charge in [-0.15, -0.1) is 0 Å². The molecule has 2 aromatic heterocycles. The highest BCUT2D eigenvalue weighted by Gasteiger charge is 2.28. The minimum atomic E-state index is 0.0508. The van der Waals surface area contributed by atoms with Crippen molar-refractivity contribution in [3.05, 3.63) is 52.0 Å². The average Bonchev–Trinajstić information content (AvgIpc) is 2.93. The third-order valence-corrected chi connectivity index (χ3v) is 4.52. The first kappa shape index (κ1) is 13.6. The number of aromatic nitrogens is 4. The Balaban J connectivity index is 1.36. The lowest BCUT2D eigenvalue weighted by Gasteiger charge is -2.39. The van der Waals surface area contributed by atoms with Crippen molar-refractivity contribution in [1.82, 2.24) is 24.6 Å². The van der Waals surface area contributed by atoms with Gasteiger partial charge in [0.15, 0.2) is 0 Å². The molecule has 0 spiro atoms. The summed E-state index contributed by atoms with van der Waals surface area (Å²) >= 11 is 0. The highest BCUT2D eigenvalue weighted by molar-refractivity contribution is 5.22. The van der Waals surface area contributed by atoms with Crippen LogP contribution in [0.3, 0.4) is 0 Å². The van der Waals surface area contributed by atoms with Gasteiger partial charge in [-0.3, -0.25) is 9.69 Å². The van der Waals surface area contributed by atoms with Gasteiger partial charge in [-0.2, -0.15) is 5.10 Å². The third kappa shape index (κ3) is 2.66. The maximum Gasteiger partial charge on any atom is 0.267 e. The van der Waals surface area contributed by atoms with E-state index in [0.29, 0.717) is 5.92 Å². The SMILES string of the molecule is O=c1cc2c(nn1CC1CN(Cc3ccncn3)C1)CCC2. The summed E-state index contributed by atoms with van der Waals surface area (Å²) in [6.07, 6.45) is 6.50. The van der Waals surface area contributed by atoms with E-state index in [4.69, 9.17) is 0 Å². The molecule has 1 fully saturated rings. The van der Waals surface area contributed by atoms with Crippen LogP contribution in [-0.2, 0) is 25.9 Å². The number of hydrogen-bond acceptors (Lipinski definition) is 5. The highest BCUT2D eigenvalue weighted by Crippen LogP contribution is 2.20. The van der Waals surface area contributed by atoms with E-state index in [1.807, 2.05) is 6.07 Å². The summed E-state index contributed by atoms with van der Waals surface area (Å²) in [6.45, 7) is 3.57. The number of likely N-dealkylation sites (tertiary alicyclic amines) is 1. The van der Waals surface area contributed by atoms with Crippen molar-refractivity contribution in [1.29, 1.82) is 0 Å². The highest BCUT2D eigenvalue weighted by atomic mass is 16.1. The van der Waals surface area contributed by atoms with Crippen LogP contribution in [0.1, 0.15) is 23.4 Å². The molecule has 0 amide bonds. The molecule has 0 saturated carbocycles. The van der Waals surface area contributed by atoms with Gasteiger partial charge in [-0.1, -0.05) is 0 Å². The molecule has 22 heavy (non-hydrogen) atoms. The van der Waals surface area contributed by atoms with Crippen LogP contribution in [0, 0.1) is 5.92 Å².